The van der Waals surface area contributed by atoms with Crippen LogP contribution in [0.3, 0.4) is 0 Å². The summed E-state index contributed by atoms with van der Waals surface area (Å²) < 4.78 is 26.9. The molecule has 0 aromatic heterocycles. The molecule has 0 bridgehead atoms. The van der Waals surface area contributed by atoms with Crippen molar-refractivity contribution in [2.75, 3.05) is 18.3 Å². The van der Waals surface area contributed by atoms with Gasteiger partial charge in [0.25, 0.3) is 0 Å². The van der Waals surface area contributed by atoms with Crippen molar-refractivity contribution in [3.63, 3.8) is 0 Å². The van der Waals surface area contributed by atoms with E-state index in [2.05, 4.69) is 4.72 Å². The van der Waals surface area contributed by atoms with Gasteiger partial charge in [0.1, 0.15) is 0 Å². The number of primary amides is 1. The molecule has 0 aliphatic rings. The van der Waals surface area contributed by atoms with E-state index in [1.54, 1.807) is 0 Å². The van der Waals surface area contributed by atoms with Gasteiger partial charge >= 0.3 is 16.2 Å². The quantitative estimate of drug-likeness (QED) is 0.644. The number of nitrogens with one attached hydrogen (secondary N) is 1. The zero-order valence-electron chi connectivity index (χ0n) is 10.7. The lowest BCUT2D eigenvalue weighted by molar-refractivity contribution is -0.137. The number of amides is 1. The van der Waals surface area contributed by atoms with Crippen molar-refractivity contribution >= 4 is 27.8 Å². The maximum Gasteiger partial charge on any atom is 0.304 e. The molecule has 4 N–H and O–H groups in total. The smallest absolute Gasteiger partial charge is 0.304 e. The molecule has 1 amide bonds. The summed E-state index contributed by atoms with van der Waals surface area (Å²) >= 11 is 0. The Morgan fingerprint density at radius 1 is 1.30 bits per heavy atom. The molecule has 0 saturated carbocycles. The topological polar surface area (TPSA) is 130 Å². The molecule has 20 heavy (non-hydrogen) atoms. The number of benzene rings is 1. The summed E-state index contributed by atoms with van der Waals surface area (Å²) in [4.78, 5) is 21.3. The van der Waals surface area contributed by atoms with Crippen molar-refractivity contribution in [1.82, 2.24) is 4.31 Å². The summed E-state index contributed by atoms with van der Waals surface area (Å²) in [6, 6.07) is 5.56. The third kappa shape index (κ3) is 4.52. The van der Waals surface area contributed by atoms with Gasteiger partial charge in [-0.15, -0.1) is 0 Å². The summed E-state index contributed by atoms with van der Waals surface area (Å²) in [6.07, 6.45) is -0.294. The third-order valence-electron chi connectivity index (χ3n) is 2.47. The van der Waals surface area contributed by atoms with Crippen molar-refractivity contribution in [1.29, 1.82) is 0 Å². The molecule has 110 valence electrons. The van der Waals surface area contributed by atoms with Gasteiger partial charge in [-0.2, -0.15) is 12.7 Å². The van der Waals surface area contributed by atoms with Gasteiger partial charge in [-0.1, -0.05) is 0 Å². The van der Waals surface area contributed by atoms with Gasteiger partial charge in [0.15, 0.2) is 0 Å². The van der Waals surface area contributed by atoms with E-state index in [1.165, 1.54) is 31.3 Å². The van der Waals surface area contributed by atoms with Crippen LogP contribution in [0.15, 0.2) is 24.3 Å². The van der Waals surface area contributed by atoms with Gasteiger partial charge in [-0.25, -0.2) is 0 Å². The van der Waals surface area contributed by atoms with Crippen LogP contribution in [0, 0.1) is 0 Å². The molecular weight excluding hydrogens is 286 g/mol. The number of carbonyl (C=O) groups is 2. The molecule has 1 aromatic carbocycles. The SMILES string of the molecule is CN(CCC(=O)O)S(=O)(=O)Nc1ccc(C(N)=O)cc1. The Morgan fingerprint density at radius 3 is 2.30 bits per heavy atom. The molecule has 1 rings (SSSR count). The molecule has 0 fully saturated rings. The van der Waals surface area contributed by atoms with Gasteiger partial charge in [-0.3, -0.25) is 14.3 Å². The fraction of sp³-hybridized carbons (Fsp3) is 0.273. The fourth-order valence-corrected chi connectivity index (χ4v) is 2.22. The average molecular weight is 301 g/mol. The molecule has 0 aliphatic heterocycles. The van der Waals surface area contributed by atoms with Crippen LogP contribution in [0.25, 0.3) is 0 Å². The van der Waals surface area contributed by atoms with E-state index in [0.29, 0.717) is 0 Å². The van der Waals surface area contributed by atoms with E-state index in [9.17, 15) is 18.0 Å². The largest absolute Gasteiger partial charge is 0.481 e. The number of aliphatic carboxylic acids is 1. The Hall–Kier alpha value is -2.13. The van der Waals surface area contributed by atoms with E-state index >= 15 is 0 Å². The van der Waals surface area contributed by atoms with Crippen molar-refractivity contribution in [3.05, 3.63) is 29.8 Å². The molecule has 0 atom stereocenters. The predicted octanol–water partition coefficient (Wildman–Crippen LogP) is -0.151. The van der Waals surface area contributed by atoms with E-state index in [4.69, 9.17) is 10.8 Å². The Morgan fingerprint density at radius 2 is 1.85 bits per heavy atom. The molecule has 0 unspecified atom stereocenters. The van der Waals surface area contributed by atoms with Crippen LogP contribution < -0.4 is 10.5 Å². The molecule has 9 heteroatoms. The van der Waals surface area contributed by atoms with Crippen molar-refractivity contribution < 1.29 is 23.1 Å². The summed E-state index contributed by atoms with van der Waals surface area (Å²) in [5, 5.41) is 8.51. The van der Waals surface area contributed by atoms with Gasteiger partial charge in [0.05, 0.1) is 6.42 Å². The second-order valence-corrected chi connectivity index (χ2v) is 5.79. The van der Waals surface area contributed by atoms with Gasteiger partial charge < -0.3 is 10.8 Å². The number of rotatable bonds is 7. The van der Waals surface area contributed by atoms with Crippen LogP contribution in [0.2, 0.25) is 0 Å². The summed E-state index contributed by atoms with van der Waals surface area (Å²) in [5.41, 5.74) is 5.57. The number of hydrogen-bond acceptors (Lipinski definition) is 4. The van der Waals surface area contributed by atoms with Crippen LogP contribution in [0.1, 0.15) is 16.8 Å². The standard InChI is InChI=1S/C11H15N3O5S/c1-14(7-6-10(15)16)20(18,19)13-9-4-2-8(3-5-9)11(12)17/h2-5,13H,6-7H2,1H3,(H2,12,17)(H,15,16). The van der Waals surface area contributed by atoms with Crippen LogP contribution in [0.5, 0.6) is 0 Å². The lowest BCUT2D eigenvalue weighted by Gasteiger charge is -2.17. The molecule has 0 radical (unpaired) electrons. The van der Waals surface area contributed by atoms with Gasteiger partial charge in [0.2, 0.25) is 5.91 Å². The first kappa shape index (κ1) is 15.9. The monoisotopic (exact) mass is 301 g/mol. The molecule has 0 spiro atoms. The Kier molecular flexibility index (Phi) is 5.06. The molecule has 1 aromatic rings. The highest BCUT2D eigenvalue weighted by molar-refractivity contribution is 7.90. The van der Waals surface area contributed by atoms with Gasteiger partial charge in [0, 0.05) is 24.8 Å². The van der Waals surface area contributed by atoms with Crippen LogP contribution >= 0.6 is 0 Å². The predicted molar refractivity (Wildman–Crippen MR) is 72.4 cm³/mol. The second-order valence-electron chi connectivity index (χ2n) is 4.01. The molecular formula is C11H15N3O5S. The highest BCUT2D eigenvalue weighted by atomic mass is 32.2. The van der Waals surface area contributed by atoms with Gasteiger partial charge in [-0.05, 0) is 24.3 Å². The first-order chi connectivity index (χ1) is 9.22. The summed E-state index contributed by atoms with van der Waals surface area (Å²) in [6.45, 7) is -0.149. The normalized spacial score (nSPS) is 11.3. The lowest BCUT2D eigenvalue weighted by Crippen LogP contribution is -2.34. The first-order valence-corrected chi connectivity index (χ1v) is 7.02. The first-order valence-electron chi connectivity index (χ1n) is 5.58. The molecule has 0 saturated heterocycles. The molecule has 0 heterocycles. The summed E-state index contributed by atoms with van der Waals surface area (Å²) in [5.74, 6) is -1.70. The van der Waals surface area contributed by atoms with Crippen molar-refractivity contribution in [2.24, 2.45) is 5.73 Å². The van der Waals surface area contributed by atoms with Crippen molar-refractivity contribution in [3.8, 4) is 0 Å². The molecule has 8 nitrogen and oxygen atoms in total. The maximum atomic E-state index is 11.9. The minimum Gasteiger partial charge on any atom is -0.481 e. The number of nitrogens with zero attached hydrogens (tertiary/aromatic N) is 1. The zero-order valence-corrected chi connectivity index (χ0v) is 11.6. The number of carbonyl (C=O) groups excluding carboxylic acids is 1. The minimum absolute atomic E-state index is 0.149. The summed E-state index contributed by atoms with van der Waals surface area (Å²) in [7, 11) is -2.57. The van der Waals surface area contributed by atoms with E-state index in [-0.39, 0.29) is 24.2 Å². The zero-order chi connectivity index (χ0) is 15.3. The average Bonchev–Trinajstić information content (AvgIpc) is 2.35. The maximum absolute atomic E-state index is 11.9. The van der Waals surface area contributed by atoms with Crippen LogP contribution in [-0.4, -0.2) is 43.3 Å². The number of hydrogen-bond donors (Lipinski definition) is 3. The van der Waals surface area contributed by atoms with Crippen LogP contribution in [0.4, 0.5) is 5.69 Å². The fourth-order valence-electron chi connectivity index (χ4n) is 1.30. The Balaban J connectivity index is 2.75. The number of nitrogens with two attached hydrogens (primary N) is 1. The highest BCUT2D eigenvalue weighted by Crippen LogP contribution is 2.12. The lowest BCUT2D eigenvalue weighted by atomic mass is 10.2. The van der Waals surface area contributed by atoms with E-state index in [0.717, 1.165) is 4.31 Å². The number of carboxylic acids is 1. The molecule has 0 aliphatic carbocycles. The van der Waals surface area contributed by atoms with E-state index < -0.39 is 22.1 Å². The van der Waals surface area contributed by atoms with E-state index in [1.807, 2.05) is 0 Å². The Labute approximate surface area is 116 Å². The van der Waals surface area contributed by atoms with Crippen LogP contribution in [-0.2, 0) is 15.0 Å². The Bertz CT molecular complexity index is 597. The minimum atomic E-state index is -3.84. The number of anilines is 1. The van der Waals surface area contributed by atoms with Crippen molar-refractivity contribution in [2.45, 2.75) is 6.42 Å². The number of carboxylic acid groups (broad SMARTS) is 1. The highest BCUT2D eigenvalue weighted by Gasteiger charge is 2.18. The second kappa shape index (κ2) is 6.35. The third-order valence-corrected chi connectivity index (χ3v) is 3.96.